The number of aromatic carboxylic acids is 1. The molecule has 1 unspecified atom stereocenters. The lowest BCUT2D eigenvalue weighted by Crippen LogP contribution is -2.29. The Morgan fingerprint density at radius 1 is 1.56 bits per heavy atom. The fraction of sp³-hybridized carbons (Fsp3) is 0.500. The average molecular weight is 290 g/mol. The molecule has 1 fully saturated rings. The van der Waals surface area contributed by atoms with Crippen LogP contribution < -0.4 is 5.73 Å². The van der Waals surface area contributed by atoms with E-state index in [0.29, 0.717) is 19.6 Å². The minimum atomic E-state index is -3.56. The highest BCUT2D eigenvalue weighted by molar-refractivity contribution is 7.91. The fourth-order valence-electron chi connectivity index (χ4n) is 1.91. The Morgan fingerprint density at radius 3 is 2.78 bits per heavy atom. The maximum atomic E-state index is 12.2. The molecule has 0 spiro atoms. The van der Waals surface area contributed by atoms with Crippen LogP contribution in [0.15, 0.2) is 16.3 Å². The summed E-state index contributed by atoms with van der Waals surface area (Å²) in [6, 6.07) is 2.66. The van der Waals surface area contributed by atoms with Gasteiger partial charge in [-0.25, -0.2) is 13.2 Å². The Kier molecular flexibility index (Phi) is 3.71. The zero-order chi connectivity index (χ0) is 13.3. The summed E-state index contributed by atoms with van der Waals surface area (Å²) in [6.45, 7) is 1.33. The topological polar surface area (TPSA) is 101 Å². The zero-order valence-corrected chi connectivity index (χ0v) is 11.2. The van der Waals surface area contributed by atoms with E-state index in [2.05, 4.69) is 0 Å². The number of nitrogens with two attached hydrogens (primary N) is 1. The summed E-state index contributed by atoms with van der Waals surface area (Å²) >= 11 is 0.783. The van der Waals surface area contributed by atoms with E-state index in [0.717, 1.165) is 17.8 Å². The monoisotopic (exact) mass is 290 g/mol. The molecule has 0 radical (unpaired) electrons. The first-order valence-electron chi connectivity index (χ1n) is 5.48. The number of carbonyl (C=O) groups is 1. The fourth-order valence-corrected chi connectivity index (χ4v) is 4.74. The van der Waals surface area contributed by atoms with Crippen LogP contribution >= 0.6 is 11.3 Å². The molecule has 6 nitrogen and oxygen atoms in total. The van der Waals surface area contributed by atoms with Gasteiger partial charge in [0.25, 0.3) is 10.0 Å². The van der Waals surface area contributed by atoms with Crippen molar-refractivity contribution in [3.63, 3.8) is 0 Å². The highest BCUT2D eigenvalue weighted by atomic mass is 32.2. The van der Waals surface area contributed by atoms with Crippen molar-refractivity contribution in [2.75, 3.05) is 19.6 Å². The van der Waals surface area contributed by atoms with Crippen molar-refractivity contribution in [1.29, 1.82) is 0 Å². The average Bonchev–Trinajstić information content (AvgIpc) is 2.98. The van der Waals surface area contributed by atoms with E-state index in [1.165, 1.54) is 16.4 Å². The van der Waals surface area contributed by atoms with Gasteiger partial charge in [-0.15, -0.1) is 11.3 Å². The van der Waals surface area contributed by atoms with Crippen LogP contribution in [0, 0.1) is 5.92 Å². The number of carboxylic acids is 1. The van der Waals surface area contributed by atoms with E-state index in [1.54, 1.807) is 0 Å². The smallest absolute Gasteiger partial charge is 0.345 e. The first-order valence-corrected chi connectivity index (χ1v) is 7.74. The van der Waals surface area contributed by atoms with Crippen molar-refractivity contribution in [1.82, 2.24) is 4.31 Å². The third-order valence-corrected chi connectivity index (χ3v) is 6.37. The van der Waals surface area contributed by atoms with Gasteiger partial charge < -0.3 is 10.8 Å². The van der Waals surface area contributed by atoms with Gasteiger partial charge in [0.1, 0.15) is 9.09 Å². The largest absolute Gasteiger partial charge is 0.477 e. The molecule has 1 saturated heterocycles. The Bertz CT molecular complexity index is 552. The second kappa shape index (κ2) is 4.96. The lowest BCUT2D eigenvalue weighted by atomic mass is 10.1. The molecule has 1 aromatic heterocycles. The summed E-state index contributed by atoms with van der Waals surface area (Å²) in [4.78, 5) is 10.8. The molecule has 1 aliphatic heterocycles. The summed E-state index contributed by atoms with van der Waals surface area (Å²) in [6.07, 6.45) is 0.757. The van der Waals surface area contributed by atoms with E-state index in [9.17, 15) is 13.2 Å². The molecule has 1 aromatic rings. The van der Waals surface area contributed by atoms with Gasteiger partial charge >= 0.3 is 5.97 Å². The minimum Gasteiger partial charge on any atom is -0.477 e. The molecule has 0 amide bonds. The number of hydrogen-bond acceptors (Lipinski definition) is 5. The van der Waals surface area contributed by atoms with E-state index in [1.807, 2.05) is 0 Å². The third kappa shape index (κ3) is 2.41. The standard InChI is InChI=1S/C10H14N2O4S2/c11-5-7-3-4-12(6-7)18(15,16)9-2-1-8(17-9)10(13)14/h1-2,7H,3-6,11H2,(H,13,14). The van der Waals surface area contributed by atoms with Gasteiger partial charge in [0.15, 0.2) is 0 Å². The summed E-state index contributed by atoms with van der Waals surface area (Å²) in [7, 11) is -3.56. The quantitative estimate of drug-likeness (QED) is 0.836. The second-order valence-electron chi connectivity index (χ2n) is 4.18. The van der Waals surface area contributed by atoms with Crippen LogP contribution in [-0.2, 0) is 10.0 Å². The molecule has 2 heterocycles. The lowest BCUT2D eigenvalue weighted by molar-refractivity contribution is 0.0702. The van der Waals surface area contributed by atoms with E-state index in [4.69, 9.17) is 10.8 Å². The minimum absolute atomic E-state index is 0.0307. The van der Waals surface area contributed by atoms with Crippen molar-refractivity contribution >= 4 is 27.3 Å². The molecule has 2 rings (SSSR count). The second-order valence-corrected chi connectivity index (χ2v) is 7.43. The first kappa shape index (κ1) is 13.5. The van der Waals surface area contributed by atoms with Gasteiger partial charge in [-0.1, -0.05) is 0 Å². The van der Waals surface area contributed by atoms with Crippen molar-refractivity contribution in [3.8, 4) is 0 Å². The predicted octanol–water partition coefficient (Wildman–Crippen LogP) is 0.416. The van der Waals surface area contributed by atoms with E-state index in [-0.39, 0.29) is 15.0 Å². The number of carboxylic acid groups (broad SMARTS) is 1. The highest BCUT2D eigenvalue weighted by Gasteiger charge is 2.33. The third-order valence-electron chi connectivity index (χ3n) is 2.97. The highest BCUT2D eigenvalue weighted by Crippen LogP contribution is 2.28. The van der Waals surface area contributed by atoms with Crippen LogP contribution in [0.5, 0.6) is 0 Å². The van der Waals surface area contributed by atoms with Gasteiger partial charge in [0, 0.05) is 13.1 Å². The Hall–Kier alpha value is -0.960. The molecular formula is C10H14N2O4S2. The van der Waals surface area contributed by atoms with Crippen LogP contribution in [0.4, 0.5) is 0 Å². The SMILES string of the molecule is NCC1CCN(S(=O)(=O)c2ccc(C(=O)O)s2)C1. The molecule has 0 bridgehead atoms. The van der Waals surface area contributed by atoms with Crippen molar-refractivity contribution in [3.05, 3.63) is 17.0 Å². The molecule has 0 aliphatic carbocycles. The van der Waals surface area contributed by atoms with Crippen molar-refractivity contribution in [2.45, 2.75) is 10.6 Å². The molecule has 0 aromatic carbocycles. The Morgan fingerprint density at radius 2 is 2.28 bits per heavy atom. The number of hydrogen-bond donors (Lipinski definition) is 2. The maximum absolute atomic E-state index is 12.2. The first-order chi connectivity index (χ1) is 8.45. The van der Waals surface area contributed by atoms with E-state index >= 15 is 0 Å². The van der Waals surface area contributed by atoms with Crippen molar-refractivity contribution < 1.29 is 18.3 Å². The van der Waals surface area contributed by atoms with Crippen molar-refractivity contribution in [2.24, 2.45) is 11.7 Å². The van der Waals surface area contributed by atoms with Crippen LogP contribution in [0.1, 0.15) is 16.1 Å². The molecular weight excluding hydrogens is 276 g/mol. The van der Waals surface area contributed by atoms with Gasteiger partial charge in [-0.3, -0.25) is 0 Å². The van der Waals surface area contributed by atoms with Gasteiger partial charge in [0.05, 0.1) is 0 Å². The lowest BCUT2D eigenvalue weighted by Gasteiger charge is -2.14. The normalized spacial score (nSPS) is 21.3. The summed E-state index contributed by atoms with van der Waals surface area (Å²) in [5.41, 5.74) is 5.53. The Balaban J connectivity index is 2.23. The molecule has 18 heavy (non-hydrogen) atoms. The number of sulfonamides is 1. The Labute approximate surface area is 109 Å². The predicted molar refractivity (Wildman–Crippen MR) is 67.2 cm³/mol. The van der Waals surface area contributed by atoms with Crippen LogP contribution in [0.2, 0.25) is 0 Å². The number of thiophene rings is 1. The molecule has 1 atom stereocenters. The van der Waals surface area contributed by atoms with Gasteiger partial charge in [-0.05, 0) is 31.0 Å². The molecule has 8 heteroatoms. The zero-order valence-electron chi connectivity index (χ0n) is 9.57. The molecule has 100 valence electrons. The van der Waals surface area contributed by atoms with Crippen LogP contribution in [0.3, 0.4) is 0 Å². The summed E-state index contributed by atoms with van der Waals surface area (Å²) < 4.78 is 25.9. The molecule has 1 aliphatic rings. The molecule has 3 N–H and O–H groups in total. The maximum Gasteiger partial charge on any atom is 0.345 e. The van der Waals surface area contributed by atoms with Gasteiger partial charge in [-0.2, -0.15) is 4.31 Å². The van der Waals surface area contributed by atoms with E-state index < -0.39 is 16.0 Å². The summed E-state index contributed by atoms with van der Waals surface area (Å²) in [5, 5.41) is 8.79. The van der Waals surface area contributed by atoms with Crippen LogP contribution in [-0.4, -0.2) is 43.4 Å². The number of nitrogens with zero attached hydrogens (tertiary/aromatic N) is 1. The van der Waals surface area contributed by atoms with Crippen LogP contribution in [0.25, 0.3) is 0 Å². The number of rotatable bonds is 4. The molecule has 0 saturated carbocycles. The van der Waals surface area contributed by atoms with Gasteiger partial charge in [0.2, 0.25) is 0 Å². The summed E-state index contributed by atoms with van der Waals surface area (Å²) in [5.74, 6) is -0.915.